The number of nitrogens with zero attached hydrogens (tertiary/aromatic N) is 2. The Labute approximate surface area is 192 Å². The summed E-state index contributed by atoms with van der Waals surface area (Å²) in [6.07, 6.45) is 0. The van der Waals surface area contributed by atoms with Crippen molar-refractivity contribution in [3.63, 3.8) is 0 Å². The molecular formula is C27H26N4O2. The molecule has 0 spiro atoms. The van der Waals surface area contributed by atoms with E-state index in [0.717, 1.165) is 39.6 Å². The highest BCUT2D eigenvalue weighted by Crippen LogP contribution is 2.39. The summed E-state index contributed by atoms with van der Waals surface area (Å²) in [4.78, 5) is 18.4. The first-order valence-corrected chi connectivity index (χ1v) is 11.1. The number of allylic oxidation sites excluding steroid dienone is 1. The van der Waals surface area contributed by atoms with E-state index in [-0.39, 0.29) is 11.9 Å². The zero-order valence-corrected chi connectivity index (χ0v) is 18.9. The molecule has 2 N–H and O–H groups in total. The molecule has 1 aromatic heterocycles. The van der Waals surface area contributed by atoms with Crippen LogP contribution in [0, 0.1) is 6.92 Å². The minimum absolute atomic E-state index is 0.154. The third-order valence-corrected chi connectivity index (χ3v) is 5.86. The summed E-state index contributed by atoms with van der Waals surface area (Å²) in [6, 6.07) is 23.4. The van der Waals surface area contributed by atoms with Gasteiger partial charge in [-0.3, -0.25) is 9.36 Å². The van der Waals surface area contributed by atoms with Crippen LogP contribution >= 0.6 is 0 Å². The molecule has 1 atom stereocenters. The maximum Gasteiger partial charge on any atom is 0.255 e. The summed E-state index contributed by atoms with van der Waals surface area (Å²) in [5.41, 5.74) is 6.20. The van der Waals surface area contributed by atoms with Gasteiger partial charge in [-0.05, 0) is 62.7 Å². The first-order valence-electron chi connectivity index (χ1n) is 11.1. The maximum atomic E-state index is 13.7. The largest absolute Gasteiger partial charge is 0.494 e. The Morgan fingerprint density at radius 1 is 1.06 bits per heavy atom. The Morgan fingerprint density at radius 2 is 1.85 bits per heavy atom. The molecular weight excluding hydrogens is 412 g/mol. The summed E-state index contributed by atoms with van der Waals surface area (Å²) in [5, 5.41) is 6.43. The molecule has 6 heteroatoms. The molecule has 0 fully saturated rings. The number of rotatable bonds is 5. The lowest BCUT2D eigenvalue weighted by Gasteiger charge is -2.31. The second kappa shape index (κ2) is 8.47. The van der Waals surface area contributed by atoms with Crippen molar-refractivity contribution in [3.05, 3.63) is 95.2 Å². The smallest absolute Gasteiger partial charge is 0.255 e. The van der Waals surface area contributed by atoms with Gasteiger partial charge in [0.15, 0.2) is 0 Å². The summed E-state index contributed by atoms with van der Waals surface area (Å²) >= 11 is 0. The van der Waals surface area contributed by atoms with Crippen molar-refractivity contribution < 1.29 is 9.53 Å². The minimum atomic E-state index is -0.309. The summed E-state index contributed by atoms with van der Waals surface area (Å²) in [7, 11) is 0. The fourth-order valence-electron chi connectivity index (χ4n) is 4.41. The number of ether oxygens (including phenoxy) is 1. The van der Waals surface area contributed by atoms with Crippen LogP contribution in [0.3, 0.4) is 0 Å². The van der Waals surface area contributed by atoms with Crippen LogP contribution in [-0.2, 0) is 4.79 Å². The van der Waals surface area contributed by atoms with Gasteiger partial charge in [0.2, 0.25) is 5.95 Å². The topological polar surface area (TPSA) is 68.2 Å². The van der Waals surface area contributed by atoms with Gasteiger partial charge < -0.3 is 15.4 Å². The van der Waals surface area contributed by atoms with E-state index in [9.17, 15) is 4.79 Å². The molecule has 0 saturated carbocycles. The number of hydrogen-bond acceptors (Lipinski definition) is 4. The van der Waals surface area contributed by atoms with Crippen LogP contribution in [0.2, 0.25) is 0 Å². The fourth-order valence-corrected chi connectivity index (χ4v) is 4.41. The number of benzene rings is 3. The minimum Gasteiger partial charge on any atom is -0.494 e. The Balaban J connectivity index is 1.59. The van der Waals surface area contributed by atoms with Gasteiger partial charge in [-0.25, -0.2) is 4.98 Å². The van der Waals surface area contributed by atoms with Crippen LogP contribution in [-0.4, -0.2) is 22.1 Å². The lowest BCUT2D eigenvalue weighted by Crippen LogP contribution is -2.31. The van der Waals surface area contributed by atoms with Gasteiger partial charge >= 0.3 is 0 Å². The van der Waals surface area contributed by atoms with Crippen molar-refractivity contribution in [1.29, 1.82) is 0 Å². The molecule has 5 rings (SSSR count). The van der Waals surface area contributed by atoms with Gasteiger partial charge in [0, 0.05) is 11.4 Å². The van der Waals surface area contributed by atoms with Crippen molar-refractivity contribution in [2.45, 2.75) is 26.8 Å². The van der Waals surface area contributed by atoms with Gasteiger partial charge in [0.25, 0.3) is 5.91 Å². The second-order valence-corrected chi connectivity index (χ2v) is 8.19. The van der Waals surface area contributed by atoms with Gasteiger partial charge in [-0.1, -0.05) is 42.0 Å². The van der Waals surface area contributed by atoms with Gasteiger partial charge in [0.1, 0.15) is 5.75 Å². The van der Waals surface area contributed by atoms with Crippen molar-refractivity contribution in [1.82, 2.24) is 9.55 Å². The first-order chi connectivity index (χ1) is 16.0. The normalized spacial score (nSPS) is 15.2. The Bertz CT molecular complexity index is 1370. The van der Waals surface area contributed by atoms with E-state index in [1.165, 1.54) is 0 Å². The molecule has 1 unspecified atom stereocenters. The zero-order chi connectivity index (χ0) is 22.9. The van der Waals surface area contributed by atoms with Gasteiger partial charge in [0.05, 0.1) is 29.3 Å². The number of aromatic nitrogens is 2. The van der Waals surface area contributed by atoms with Crippen LogP contribution in [0.25, 0.3) is 11.0 Å². The summed E-state index contributed by atoms with van der Waals surface area (Å²) in [6.45, 7) is 6.54. The molecule has 2 heterocycles. The van der Waals surface area contributed by atoms with Crippen LogP contribution in [0.1, 0.15) is 31.0 Å². The molecule has 0 aliphatic carbocycles. The van der Waals surface area contributed by atoms with Crippen molar-refractivity contribution in [3.8, 4) is 5.75 Å². The number of carbonyl (C=O) groups is 1. The average molecular weight is 439 g/mol. The third kappa shape index (κ3) is 3.84. The van der Waals surface area contributed by atoms with Crippen LogP contribution < -0.4 is 15.4 Å². The fraction of sp³-hybridized carbons (Fsp3) is 0.185. The van der Waals surface area contributed by atoms with E-state index in [0.29, 0.717) is 17.9 Å². The highest BCUT2D eigenvalue weighted by Gasteiger charge is 2.34. The van der Waals surface area contributed by atoms with Crippen molar-refractivity contribution in [2.24, 2.45) is 0 Å². The highest BCUT2D eigenvalue weighted by atomic mass is 16.5. The highest BCUT2D eigenvalue weighted by molar-refractivity contribution is 6.06. The van der Waals surface area contributed by atoms with Crippen LogP contribution in [0.5, 0.6) is 5.75 Å². The first kappa shape index (κ1) is 20.8. The van der Waals surface area contributed by atoms with Gasteiger partial charge in [-0.2, -0.15) is 0 Å². The zero-order valence-electron chi connectivity index (χ0n) is 18.9. The molecule has 33 heavy (non-hydrogen) atoms. The summed E-state index contributed by atoms with van der Waals surface area (Å²) < 4.78 is 7.63. The summed E-state index contributed by atoms with van der Waals surface area (Å²) in [5.74, 6) is 1.36. The maximum absolute atomic E-state index is 13.7. The van der Waals surface area contributed by atoms with Gasteiger partial charge in [-0.15, -0.1) is 0 Å². The molecule has 1 amide bonds. The number of amides is 1. The van der Waals surface area contributed by atoms with Crippen LogP contribution in [0.15, 0.2) is 84.1 Å². The Morgan fingerprint density at radius 3 is 2.61 bits per heavy atom. The molecule has 0 saturated heterocycles. The Hall–Kier alpha value is -4.06. The standard InChI is InChI=1S/C27H26N4O2/c1-4-33-21-14-12-20(13-15-21)29-26(32)24-18(3)28-27-30-22-10-5-6-11-23(22)31(27)25(24)19-9-7-8-17(2)16-19/h5-16,25H,4H2,1-3H3,(H,28,30)(H,29,32). The quantitative estimate of drug-likeness (QED) is 0.421. The molecule has 166 valence electrons. The van der Waals surface area contributed by atoms with Crippen molar-refractivity contribution in [2.75, 3.05) is 17.2 Å². The average Bonchev–Trinajstić information content (AvgIpc) is 3.17. The lowest BCUT2D eigenvalue weighted by molar-refractivity contribution is -0.113. The molecule has 0 bridgehead atoms. The third-order valence-electron chi connectivity index (χ3n) is 5.86. The van der Waals surface area contributed by atoms with E-state index < -0.39 is 0 Å². The molecule has 1 aliphatic rings. The van der Waals surface area contributed by atoms with E-state index in [4.69, 9.17) is 9.72 Å². The molecule has 6 nitrogen and oxygen atoms in total. The number of hydrogen-bond donors (Lipinski definition) is 2. The second-order valence-electron chi connectivity index (χ2n) is 8.19. The number of carbonyl (C=O) groups excluding carboxylic acids is 1. The molecule has 4 aromatic rings. The predicted molar refractivity (Wildman–Crippen MR) is 132 cm³/mol. The lowest BCUT2D eigenvalue weighted by atomic mass is 9.93. The van der Waals surface area contributed by atoms with E-state index in [2.05, 4.69) is 40.3 Å². The Kier molecular flexibility index (Phi) is 5.34. The van der Waals surface area contributed by atoms with Crippen molar-refractivity contribution >= 4 is 28.6 Å². The SMILES string of the molecule is CCOc1ccc(NC(=O)C2=C(C)Nc3nc4ccccc4n3C2c2cccc(C)c2)cc1. The molecule has 3 aromatic carbocycles. The van der Waals surface area contributed by atoms with E-state index >= 15 is 0 Å². The number of nitrogens with one attached hydrogen (secondary N) is 2. The number of para-hydroxylation sites is 2. The number of fused-ring (bicyclic) bond motifs is 3. The predicted octanol–water partition coefficient (Wildman–Crippen LogP) is 5.67. The molecule has 1 aliphatic heterocycles. The van der Waals surface area contributed by atoms with E-state index in [1.807, 2.05) is 68.4 Å². The number of imidazole rings is 1. The number of anilines is 2. The van der Waals surface area contributed by atoms with Crippen LogP contribution in [0.4, 0.5) is 11.6 Å². The number of aryl methyl sites for hydroxylation is 1. The van der Waals surface area contributed by atoms with E-state index in [1.54, 1.807) is 0 Å². The molecule has 0 radical (unpaired) electrons. The monoisotopic (exact) mass is 438 g/mol.